The van der Waals surface area contributed by atoms with Crippen LogP contribution in [0.15, 0.2) is 121 Å². The van der Waals surface area contributed by atoms with E-state index in [-0.39, 0.29) is 27.8 Å². The Morgan fingerprint density at radius 2 is 0.471 bits per heavy atom. The molecule has 30 heteroatoms. The zero-order valence-electron chi connectivity index (χ0n) is 45.5. The van der Waals surface area contributed by atoms with Crippen LogP contribution < -0.4 is 23.7 Å². The van der Waals surface area contributed by atoms with E-state index in [0.717, 1.165) is 0 Å². The number of carbonyl (C=O) groups excluding carboxylic acids is 10. The van der Waals surface area contributed by atoms with Crippen LogP contribution in [-0.2, 0) is 72.6 Å². The largest absolute Gasteiger partial charge is 0.549 e. The van der Waals surface area contributed by atoms with E-state index in [4.69, 9.17) is 47.4 Å². The lowest BCUT2D eigenvalue weighted by atomic mass is 9.79. The van der Waals surface area contributed by atoms with Gasteiger partial charge < -0.3 is 47.4 Å². The quantitative estimate of drug-likeness (QED) is 0.0242. The van der Waals surface area contributed by atoms with Crippen molar-refractivity contribution in [2.24, 2.45) is 17.8 Å². The van der Waals surface area contributed by atoms with Gasteiger partial charge in [-0.25, -0.2) is 72.8 Å². The van der Waals surface area contributed by atoms with Crippen molar-refractivity contribution < 1.29 is 144 Å². The first-order valence-corrected chi connectivity index (χ1v) is 24.5. The maximum atomic E-state index is 13.2. The third-order valence-electron chi connectivity index (χ3n) is 11.4. The highest BCUT2D eigenvalue weighted by Gasteiger charge is 2.35. The lowest BCUT2D eigenvalue weighted by molar-refractivity contribution is -0.210. The second kappa shape index (κ2) is 34.2. The van der Waals surface area contributed by atoms with Crippen molar-refractivity contribution in [2.75, 3.05) is 68.6 Å². The molecular weight excluding hydrogens is 1140 g/mol. The van der Waals surface area contributed by atoms with Crippen molar-refractivity contribution >= 4 is 60.6 Å². The molecule has 0 aliphatic heterocycles. The van der Waals surface area contributed by atoms with E-state index in [2.05, 4.69) is 48.9 Å². The smallest absolute Gasteiger partial charge is 0.497 e. The second-order valence-electron chi connectivity index (χ2n) is 16.6. The van der Waals surface area contributed by atoms with Crippen molar-refractivity contribution in [1.29, 1.82) is 0 Å². The summed E-state index contributed by atoms with van der Waals surface area (Å²) in [4.78, 5) is 174. The number of methoxy groups -OCH3 is 5. The first kappa shape index (κ1) is 64.6. The van der Waals surface area contributed by atoms with Crippen molar-refractivity contribution in [3.05, 3.63) is 149 Å². The summed E-state index contributed by atoms with van der Waals surface area (Å²) in [6.45, 7) is -4.12. The molecule has 0 N–H and O–H groups in total. The molecule has 0 bridgehead atoms. The summed E-state index contributed by atoms with van der Waals surface area (Å²) in [6.07, 6.45) is -9.15. The predicted octanol–water partition coefficient (Wildman–Crippen LogP) is 8.28. The first-order valence-electron chi connectivity index (χ1n) is 24.5. The summed E-state index contributed by atoms with van der Waals surface area (Å²) in [6, 6.07) is 27.1. The van der Waals surface area contributed by atoms with Crippen LogP contribution in [0.1, 0.15) is 64.6 Å². The third-order valence-corrected chi connectivity index (χ3v) is 11.4. The fraction of sp³-hybridized carbons (Fsp3) is 0.273. The molecule has 0 saturated heterocycles. The standard InChI is InChI=1S/C55H52O30/c1-66-40-16-6-33(7-17-40)46(56)76-81-51(61)71-28-26-38(30-73-53(63)83-78-48(58)35-10-20-42(68-3)21-11-35)45(32-75-55(65)85-80-50(60)37-14-24-44(70-5)25-15-37)39(31-74-54(64)84-79-49(59)36-12-22-43(69-4)23-13-36)27-29-72-52(62)82-77-47(57)34-8-18-41(67-2)19-9-34/h6-25,38-39,45H,26-32H2,1-5H3. The summed E-state index contributed by atoms with van der Waals surface area (Å²) in [7, 11) is 6.93. The van der Waals surface area contributed by atoms with Crippen LogP contribution in [0.3, 0.4) is 0 Å². The molecule has 0 aromatic heterocycles. The summed E-state index contributed by atoms with van der Waals surface area (Å²) in [5.41, 5.74) is -0.427. The van der Waals surface area contributed by atoms with Gasteiger partial charge in [0.1, 0.15) is 28.7 Å². The number of rotatable bonds is 24. The van der Waals surface area contributed by atoms with E-state index in [0.29, 0.717) is 28.7 Å². The van der Waals surface area contributed by atoms with Gasteiger partial charge in [0.05, 0.1) is 96.4 Å². The Morgan fingerprint density at radius 1 is 0.271 bits per heavy atom. The van der Waals surface area contributed by atoms with Gasteiger partial charge in [0.25, 0.3) is 0 Å². The average Bonchev–Trinajstić information content (AvgIpc) is 3.58. The number of carbonyl (C=O) groups is 10. The van der Waals surface area contributed by atoms with Crippen molar-refractivity contribution in [3.8, 4) is 28.7 Å². The van der Waals surface area contributed by atoms with Gasteiger partial charge in [0.15, 0.2) is 0 Å². The molecule has 0 amide bonds. The van der Waals surface area contributed by atoms with E-state index in [1.54, 1.807) is 0 Å². The van der Waals surface area contributed by atoms with E-state index in [1.165, 1.54) is 157 Å². The van der Waals surface area contributed by atoms with Crippen LogP contribution in [-0.4, -0.2) is 129 Å². The topological polar surface area (TPSA) is 355 Å². The van der Waals surface area contributed by atoms with Crippen LogP contribution in [0.25, 0.3) is 0 Å². The van der Waals surface area contributed by atoms with Crippen LogP contribution >= 0.6 is 0 Å². The van der Waals surface area contributed by atoms with Crippen molar-refractivity contribution in [2.45, 2.75) is 12.8 Å². The van der Waals surface area contributed by atoms with Crippen molar-refractivity contribution in [1.82, 2.24) is 0 Å². The van der Waals surface area contributed by atoms with Crippen LogP contribution in [0.5, 0.6) is 28.7 Å². The molecule has 5 aromatic carbocycles. The maximum absolute atomic E-state index is 13.2. The SMILES string of the molecule is COc1ccc(C(=O)OOC(=O)OCCC(COC(=O)OOC(=O)c2ccc(OC)cc2)C(COC(=O)OOC(=O)c2ccc(OC)cc2)C(CCOC(=O)OOC(=O)c2ccc(OC)cc2)COC(=O)OOC(=O)c2ccc(OC)cc2)cc1. The lowest BCUT2D eigenvalue weighted by Crippen LogP contribution is -2.37. The minimum Gasteiger partial charge on any atom is -0.497 e. The summed E-state index contributed by atoms with van der Waals surface area (Å²) < 4.78 is 51.5. The molecule has 0 fully saturated rings. The lowest BCUT2D eigenvalue weighted by Gasteiger charge is -2.32. The highest BCUT2D eigenvalue weighted by atomic mass is 17.3. The van der Waals surface area contributed by atoms with E-state index < -0.39 is 124 Å². The highest BCUT2D eigenvalue weighted by Crippen LogP contribution is 2.30. The molecule has 452 valence electrons. The molecule has 5 aromatic rings. The van der Waals surface area contributed by atoms with Gasteiger partial charge in [0.2, 0.25) is 0 Å². The zero-order chi connectivity index (χ0) is 61.5. The fourth-order valence-electron chi connectivity index (χ4n) is 6.96. The van der Waals surface area contributed by atoms with Gasteiger partial charge in [0, 0.05) is 17.8 Å². The Hall–Kier alpha value is -11.2. The highest BCUT2D eigenvalue weighted by molar-refractivity contribution is 5.91. The molecule has 0 radical (unpaired) electrons. The van der Waals surface area contributed by atoms with Gasteiger partial charge in [-0.15, -0.1) is 0 Å². The summed E-state index contributed by atoms with van der Waals surface area (Å²) in [5, 5.41) is 0. The Labute approximate surface area is 480 Å². The van der Waals surface area contributed by atoms with Gasteiger partial charge in [-0.1, -0.05) is 0 Å². The number of benzene rings is 5. The Bertz CT molecular complexity index is 2850. The van der Waals surface area contributed by atoms with Gasteiger partial charge in [-0.2, -0.15) is 24.0 Å². The van der Waals surface area contributed by atoms with E-state index in [1.807, 2.05) is 0 Å². The molecule has 2 unspecified atom stereocenters. The maximum Gasteiger partial charge on any atom is 0.549 e. The number of ether oxygens (including phenoxy) is 10. The van der Waals surface area contributed by atoms with Gasteiger partial charge in [-0.05, 0) is 134 Å². The predicted molar refractivity (Wildman–Crippen MR) is 274 cm³/mol. The van der Waals surface area contributed by atoms with Crippen LogP contribution in [0.2, 0.25) is 0 Å². The van der Waals surface area contributed by atoms with Crippen LogP contribution in [0.4, 0.5) is 24.0 Å². The Kier molecular flexibility index (Phi) is 26.0. The molecule has 0 spiro atoms. The normalized spacial score (nSPS) is 11.3. The Morgan fingerprint density at radius 3 is 0.682 bits per heavy atom. The molecule has 30 nitrogen and oxygen atoms in total. The first-order chi connectivity index (χ1) is 41.0. The monoisotopic (exact) mass is 1190 g/mol. The number of hydrogen-bond acceptors (Lipinski definition) is 30. The molecule has 0 heterocycles. The summed E-state index contributed by atoms with van der Waals surface area (Å²) >= 11 is 0. The number of hydrogen-bond donors (Lipinski definition) is 0. The molecule has 2 atom stereocenters. The molecule has 85 heavy (non-hydrogen) atoms. The molecule has 5 rings (SSSR count). The average molecular weight is 1190 g/mol. The minimum absolute atomic E-state index is 0.0661. The molecule has 0 aliphatic rings. The molecule has 0 saturated carbocycles. The van der Waals surface area contributed by atoms with Crippen LogP contribution in [0, 0.1) is 17.8 Å². The minimum atomic E-state index is -1.68. The summed E-state index contributed by atoms with van der Waals surface area (Å²) in [5.74, 6) is -8.00. The zero-order valence-corrected chi connectivity index (χ0v) is 45.5. The van der Waals surface area contributed by atoms with E-state index in [9.17, 15) is 47.9 Å². The van der Waals surface area contributed by atoms with Gasteiger partial charge >= 0.3 is 60.6 Å². The fourth-order valence-corrected chi connectivity index (χ4v) is 6.96. The van der Waals surface area contributed by atoms with E-state index >= 15 is 0 Å². The second-order valence-corrected chi connectivity index (χ2v) is 16.6. The molecule has 0 aliphatic carbocycles. The van der Waals surface area contributed by atoms with Crippen molar-refractivity contribution in [3.63, 3.8) is 0 Å². The molecular formula is C55H52O30. The Balaban J connectivity index is 1.40. The third kappa shape index (κ3) is 22.0. The van der Waals surface area contributed by atoms with Gasteiger partial charge in [-0.3, -0.25) is 0 Å².